The number of hydrogen-bond acceptors (Lipinski definition) is 5. The minimum Gasteiger partial charge on any atom is -0.480 e. The largest absolute Gasteiger partial charge is 0.480 e. The highest BCUT2D eigenvalue weighted by molar-refractivity contribution is 5.79. The highest BCUT2D eigenvalue weighted by atomic mass is 16.6. The van der Waals surface area contributed by atoms with Crippen LogP contribution in [0.1, 0.15) is 31.7 Å². The predicted molar refractivity (Wildman–Crippen MR) is 77.4 cm³/mol. The summed E-state index contributed by atoms with van der Waals surface area (Å²) in [7, 11) is 0. The normalized spacial score (nSPS) is 11.5. The van der Waals surface area contributed by atoms with E-state index in [4.69, 9.17) is 9.84 Å². The van der Waals surface area contributed by atoms with E-state index < -0.39 is 23.0 Å². The fourth-order valence-electron chi connectivity index (χ4n) is 1.71. The van der Waals surface area contributed by atoms with Gasteiger partial charge < -0.3 is 15.2 Å². The maximum atomic E-state index is 11.6. The molecular formula is C14H18N2O6. The molecule has 22 heavy (non-hydrogen) atoms. The van der Waals surface area contributed by atoms with E-state index in [9.17, 15) is 19.7 Å². The van der Waals surface area contributed by atoms with Gasteiger partial charge in [0.1, 0.15) is 12.6 Å². The van der Waals surface area contributed by atoms with Crippen molar-refractivity contribution in [1.29, 1.82) is 0 Å². The van der Waals surface area contributed by atoms with Gasteiger partial charge in [0.25, 0.3) is 5.69 Å². The second kappa shape index (κ2) is 8.60. The summed E-state index contributed by atoms with van der Waals surface area (Å²) in [5.74, 6) is -1.11. The summed E-state index contributed by atoms with van der Waals surface area (Å²) in [5.41, 5.74) is 0.514. The minimum absolute atomic E-state index is 0.0568. The zero-order valence-electron chi connectivity index (χ0n) is 12.2. The zero-order valence-corrected chi connectivity index (χ0v) is 12.2. The smallest absolute Gasteiger partial charge is 0.408 e. The number of alkyl carbamates (subject to hydrolysis) is 1. The van der Waals surface area contributed by atoms with Crippen molar-refractivity contribution >= 4 is 17.7 Å². The van der Waals surface area contributed by atoms with E-state index >= 15 is 0 Å². The molecule has 0 radical (unpaired) electrons. The molecule has 1 aromatic carbocycles. The van der Waals surface area contributed by atoms with Gasteiger partial charge in [-0.15, -0.1) is 0 Å². The SMILES string of the molecule is CCCC[C@H](NC(=O)OCc1ccc([N+](=O)[O-])cc1)C(=O)O. The van der Waals surface area contributed by atoms with E-state index in [-0.39, 0.29) is 12.3 Å². The van der Waals surface area contributed by atoms with Gasteiger partial charge in [-0.2, -0.15) is 0 Å². The van der Waals surface area contributed by atoms with Crippen LogP contribution in [-0.2, 0) is 16.1 Å². The number of nitro groups is 1. The van der Waals surface area contributed by atoms with E-state index in [2.05, 4.69) is 5.32 Å². The zero-order chi connectivity index (χ0) is 16.5. The van der Waals surface area contributed by atoms with E-state index in [1.54, 1.807) is 0 Å². The number of nitrogens with zero attached hydrogens (tertiary/aromatic N) is 1. The molecule has 0 spiro atoms. The number of nitro benzene ring substituents is 1. The van der Waals surface area contributed by atoms with Crippen LogP contribution in [0.3, 0.4) is 0 Å². The molecule has 0 fully saturated rings. The number of carboxylic acids is 1. The molecule has 2 N–H and O–H groups in total. The van der Waals surface area contributed by atoms with Gasteiger partial charge in [0, 0.05) is 12.1 Å². The van der Waals surface area contributed by atoms with E-state index in [0.29, 0.717) is 18.4 Å². The molecule has 0 aliphatic heterocycles. The minimum atomic E-state index is -1.11. The van der Waals surface area contributed by atoms with Gasteiger partial charge in [0.15, 0.2) is 0 Å². The van der Waals surface area contributed by atoms with E-state index in [0.717, 1.165) is 6.42 Å². The van der Waals surface area contributed by atoms with Crippen LogP contribution in [0.15, 0.2) is 24.3 Å². The summed E-state index contributed by atoms with van der Waals surface area (Å²) in [6.07, 6.45) is 1.00. The molecule has 0 heterocycles. The van der Waals surface area contributed by atoms with Crippen LogP contribution in [0.25, 0.3) is 0 Å². The van der Waals surface area contributed by atoms with Crippen LogP contribution in [0, 0.1) is 10.1 Å². The standard InChI is InChI=1S/C14H18N2O6/c1-2-3-4-12(13(17)18)15-14(19)22-9-10-5-7-11(8-6-10)16(20)21/h5-8,12H,2-4,9H2,1H3,(H,15,19)(H,17,18)/t12-/m0/s1. The summed E-state index contributed by atoms with van der Waals surface area (Å²) in [6.45, 7) is 1.83. The first-order valence-corrected chi connectivity index (χ1v) is 6.83. The Morgan fingerprint density at radius 1 is 1.36 bits per heavy atom. The Labute approximate surface area is 127 Å². The second-order valence-corrected chi connectivity index (χ2v) is 4.68. The number of benzene rings is 1. The number of nitrogens with one attached hydrogen (secondary N) is 1. The fourth-order valence-corrected chi connectivity index (χ4v) is 1.71. The van der Waals surface area contributed by atoms with Crippen molar-refractivity contribution in [2.24, 2.45) is 0 Å². The number of hydrogen-bond donors (Lipinski definition) is 2. The third-order valence-electron chi connectivity index (χ3n) is 2.95. The third-order valence-corrected chi connectivity index (χ3v) is 2.95. The third kappa shape index (κ3) is 5.78. The Morgan fingerprint density at radius 3 is 2.50 bits per heavy atom. The second-order valence-electron chi connectivity index (χ2n) is 4.68. The van der Waals surface area contributed by atoms with Crippen molar-refractivity contribution < 1.29 is 24.4 Å². The molecule has 0 aromatic heterocycles. The van der Waals surface area contributed by atoms with E-state index in [1.165, 1.54) is 24.3 Å². The first-order valence-electron chi connectivity index (χ1n) is 6.83. The van der Waals surface area contributed by atoms with Gasteiger partial charge in [-0.1, -0.05) is 19.8 Å². The molecule has 8 heteroatoms. The molecule has 0 bridgehead atoms. The quantitative estimate of drug-likeness (QED) is 0.562. The van der Waals surface area contributed by atoms with Crippen molar-refractivity contribution in [2.75, 3.05) is 0 Å². The van der Waals surface area contributed by atoms with Gasteiger partial charge in [-0.3, -0.25) is 10.1 Å². The number of unbranched alkanes of at least 4 members (excludes halogenated alkanes) is 1. The number of ether oxygens (including phenoxy) is 1. The van der Waals surface area contributed by atoms with Crippen LogP contribution in [0.5, 0.6) is 0 Å². The molecule has 0 unspecified atom stereocenters. The highest BCUT2D eigenvalue weighted by Crippen LogP contribution is 2.12. The lowest BCUT2D eigenvalue weighted by molar-refractivity contribution is -0.384. The van der Waals surface area contributed by atoms with Gasteiger partial charge >= 0.3 is 12.1 Å². The van der Waals surface area contributed by atoms with E-state index in [1.807, 2.05) is 6.92 Å². The molecule has 1 aromatic rings. The highest BCUT2D eigenvalue weighted by Gasteiger charge is 2.19. The van der Waals surface area contributed by atoms with Crippen molar-refractivity contribution in [1.82, 2.24) is 5.32 Å². The molecule has 1 rings (SSSR count). The number of aliphatic carboxylic acids is 1. The fraction of sp³-hybridized carbons (Fsp3) is 0.429. The van der Waals surface area contributed by atoms with Crippen LogP contribution < -0.4 is 5.32 Å². The maximum absolute atomic E-state index is 11.6. The number of rotatable bonds is 8. The van der Waals surface area contributed by atoms with Crippen molar-refractivity contribution in [3.05, 3.63) is 39.9 Å². The Morgan fingerprint density at radius 2 is 2.00 bits per heavy atom. The van der Waals surface area contributed by atoms with Crippen LogP contribution in [0.4, 0.5) is 10.5 Å². The molecule has 0 aliphatic rings. The first-order chi connectivity index (χ1) is 10.4. The molecule has 0 saturated heterocycles. The number of non-ortho nitro benzene ring substituents is 1. The lowest BCUT2D eigenvalue weighted by Gasteiger charge is -2.14. The summed E-state index contributed by atoms with van der Waals surface area (Å²) in [6, 6.07) is 4.56. The Bertz CT molecular complexity index is 529. The van der Waals surface area contributed by atoms with Crippen molar-refractivity contribution in [3.8, 4) is 0 Å². The molecule has 1 atom stereocenters. The Balaban J connectivity index is 2.47. The predicted octanol–water partition coefficient (Wildman–Crippen LogP) is 2.46. The Hall–Kier alpha value is -2.64. The maximum Gasteiger partial charge on any atom is 0.408 e. The van der Waals surface area contributed by atoms with Crippen molar-refractivity contribution in [3.63, 3.8) is 0 Å². The molecule has 120 valence electrons. The molecule has 8 nitrogen and oxygen atoms in total. The number of amides is 1. The molecule has 0 aliphatic carbocycles. The lowest BCUT2D eigenvalue weighted by atomic mass is 10.1. The number of carbonyl (C=O) groups excluding carboxylic acids is 1. The summed E-state index contributed by atoms with van der Waals surface area (Å²) >= 11 is 0. The average Bonchev–Trinajstić information content (AvgIpc) is 2.49. The van der Waals surface area contributed by atoms with Crippen molar-refractivity contribution in [2.45, 2.75) is 38.8 Å². The van der Waals surface area contributed by atoms with Gasteiger partial charge in [0.05, 0.1) is 4.92 Å². The molecule has 0 saturated carbocycles. The number of carboxylic acid groups (broad SMARTS) is 1. The number of carbonyl (C=O) groups is 2. The van der Waals surface area contributed by atoms with Gasteiger partial charge in [-0.05, 0) is 24.1 Å². The van der Waals surface area contributed by atoms with Gasteiger partial charge in [-0.25, -0.2) is 9.59 Å². The average molecular weight is 310 g/mol. The van der Waals surface area contributed by atoms with Crippen LogP contribution in [0.2, 0.25) is 0 Å². The first kappa shape index (κ1) is 17.4. The molecule has 1 amide bonds. The Kier molecular flexibility index (Phi) is 6.81. The monoisotopic (exact) mass is 310 g/mol. The van der Waals surface area contributed by atoms with Crippen LogP contribution in [-0.4, -0.2) is 28.1 Å². The van der Waals surface area contributed by atoms with Gasteiger partial charge in [0.2, 0.25) is 0 Å². The summed E-state index contributed by atoms with van der Waals surface area (Å²) in [5, 5.41) is 21.8. The summed E-state index contributed by atoms with van der Waals surface area (Å²) < 4.78 is 4.91. The van der Waals surface area contributed by atoms with Crippen LogP contribution >= 0.6 is 0 Å². The topological polar surface area (TPSA) is 119 Å². The summed E-state index contributed by atoms with van der Waals surface area (Å²) in [4.78, 5) is 32.5. The lowest BCUT2D eigenvalue weighted by Crippen LogP contribution is -2.40. The molecular weight excluding hydrogens is 292 g/mol.